The fourth-order valence-electron chi connectivity index (χ4n) is 1.59. The van der Waals surface area contributed by atoms with Gasteiger partial charge < -0.3 is 24.7 Å². The van der Waals surface area contributed by atoms with E-state index in [0.717, 1.165) is 29.6 Å². The van der Waals surface area contributed by atoms with Gasteiger partial charge in [0.2, 0.25) is 0 Å². The molecule has 8 heteroatoms. The summed E-state index contributed by atoms with van der Waals surface area (Å²) < 4.78 is 5.69. The molecule has 0 aliphatic rings. The van der Waals surface area contributed by atoms with Crippen LogP contribution >= 0.6 is 11.8 Å². The van der Waals surface area contributed by atoms with Crippen molar-refractivity contribution in [2.45, 2.75) is 12.3 Å². The zero-order chi connectivity index (χ0) is 15.7. The van der Waals surface area contributed by atoms with Gasteiger partial charge in [0.1, 0.15) is 11.5 Å². The first kappa shape index (κ1) is 17.4. The van der Waals surface area contributed by atoms with Crippen molar-refractivity contribution in [3.63, 3.8) is 0 Å². The molecular weight excluding hydrogens is 292 g/mol. The molecule has 0 saturated heterocycles. The first-order valence-electron chi connectivity index (χ1n) is 6.58. The second-order valence-corrected chi connectivity index (χ2v) is 5.75. The van der Waals surface area contributed by atoms with E-state index in [1.165, 1.54) is 13.2 Å². The van der Waals surface area contributed by atoms with E-state index in [0.29, 0.717) is 6.54 Å². The molecule has 0 aromatic carbocycles. The van der Waals surface area contributed by atoms with E-state index in [9.17, 15) is 10.1 Å². The normalized spacial score (nSPS) is 11.7. The standard InChI is InChI=1S/C13H22N4O3S/c1-14-13(17(18)19)8-15-6-7-21-10-12-5-4-11(20-12)9-16(2)3/h4-5,8,14-15H,6-7,9-10H2,1-3H3. The van der Waals surface area contributed by atoms with Crippen LogP contribution in [-0.2, 0) is 12.3 Å². The Morgan fingerprint density at radius 1 is 1.48 bits per heavy atom. The predicted molar refractivity (Wildman–Crippen MR) is 84.4 cm³/mol. The second-order valence-electron chi connectivity index (χ2n) is 4.65. The van der Waals surface area contributed by atoms with Gasteiger partial charge in [-0.2, -0.15) is 11.8 Å². The van der Waals surface area contributed by atoms with Crippen LogP contribution in [0.2, 0.25) is 0 Å². The molecule has 0 bridgehead atoms. The lowest BCUT2D eigenvalue weighted by atomic mass is 10.4. The summed E-state index contributed by atoms with van der Waals surface area (Å²) in [4.78, 5) is 12.1. The lowest BCUT2D eigenvalue weighted by Gasteiger charge is -2.05. The van der Waals surface area contributed by atoms with Crippen LogP contribution in [-0.4, -0.2) is 43.3 Å². The molecule has 0 saturated carbocycles. The summed E-state index contributed by atoms with van der Waals surface area (Å²) >= 11 is 1.72. The predicted octanol–water partition coefficient (Wildman–Crippen LogP) is 1.46. The number of nitrogens with one attached hydrogen (secondary N) is 2. The number of nitrogens with zero attached hydrogens (tertiary/aromatic N) is 2. The highest BCUT2D eigenvalue weighted by Gasteiger charge is 2.04. The van der Waals surface area contributed by atoms with E-state index in [2.05, 4.69) is 15.5 Å². The van der Waals surface area contributed by atoms with Crippen LogP contribution in [0.3, 0.4) is 0 Å². The maximum absolute atomic E-state index is 10.5. The maximum atomic E-state index is 10.5. The Bertz CT molecular complexity index is 474. The molecule has 21 heavy (non-hydrogen) atoms. The van der Waals surface area contributed by atoms with Crippen molar-refractivity contribution in [3.8, 4) is 0 Å². The number of hydrogen-bond acceptors (Lipinski definition) is 7. The molecule has 1 heterocycles. The molecule has 1 aromatic rings. The van der Waals surface area contributed by atoms with Crippen LogP contribution in [0.5, 0.6) is 0 Å². The van der Waals surface area contributed by atoms with E-state index in [4.69, 9.17) is 4.42 Å². The Morgan fingerprint density at radius 3 is 2.81 bits per heavy atom. The second kappa shape index (κ2) is 9.30. The summed E-state index contributed by atoms with van der Waals surface area (Å²) in [5, 5.41) is 15.9. The van der Waals surface area contributed by atoms with Gasteiger partial charge in [-0.1, -0.05) is 0 Å². The SMILES string of the molecule is CNC(=CNCCSCc1ccc(CN(C)C)o1)[N+](=O)[O-]. The van der Waals surface area contributed by atoms with E-state index in [1.54, 1.807) is 11.8 Å². The summed E-state index contributed by atoms with van der Waals surface area (Å²) in [7, 11) is 5.52. The minimum absolute atomic E-state index is 0.0423. The van der Waals surface area contributed by atoms with Gasteiger partial charge in [0.15, 0.2) is 0 Å². The van der Waals surface area contributed by atoms with Crippen LogP contribution in [0.4, 0.5) is 0 Å². The molecule has 0 amide bonds. The van der Waals surface area contributed by atoms with Gasteiger partial charge in [-0.15, -0.1) is 0 Å². The van der Waals surface area contributed by atoms with Gasteiger partial charge in [0.25, 0.3) is 0 Å². The molecule has 0 aliphatic heterocycles. The largest absolute Gasteiger partial charge is 0.464 e. The summed E-state index contributed by atoms with van der Waals surface area (Å²) in [6.45, 7) is 1.46. The van der Waals surface area contributed by atoms with Gasteiger partial charge in [-0.3, -0.25) is 5.32 Å². The van der Waals surface area contributed by atoms with Crippen molar-refractivity contribution in [3.05, 3.63) is 45.8 Å². The summed E-state index contributed by atoms with van der Waals surface area (Å²) in [5.41, 5.74) is 0. The molecule has 7 nitrogen and oxygen atoms in total. The minimum Gasteiger partial charge on any atom is -0.464 e. The molecule has 0 fully saturated rings. The number of hydrogen-bond donors (Lipinski definition) is 2. The van der Waals surface area contributed by atoms with E-state index in [-0.39, 0.29) is 5.82 Å². The molecule has 1 rings (SSSR count). The van der Waals surface area contributed by atoms with Gasteiger partial charge in [0.05, 0.1) is 25.5 Å². The van der Waals surface area contributed by atoms with Crippen molar-refractivity contribution in [1.29, 1.82) is 0 Å². The molecule has 0 spiro atoms. The molecule has 0 radical (unpaired) electrons. The van der Waals surface area contributed by atoms with Crippen molar-refractivity contribution in [2.24, 2.45) is 0 Å². The van der Waals surface area contributed by atoms with Gasteiger partial charge in [-0.25, -0.2) is 0 Å². The number of thioether (sulfide) groups is 1. The summed E-state index contributed by atoms with van der Waals surface area (Å²) in [6.07, 6.45) is 1.38. The van der Waals surface area contributed by atoms with Crippen LogP contribution in [0, 0.1) is 10.1 Å². The Balaban J connectivity index is 2.19. The summed E-state index contributed by atoms with van der Waals surface area (Å²) in [6, 6.07) is 3.98. The van der Waals surface area contributed by atoms with Crippen LogP contribution < -0.4 is 10.6 Å². The number of nitro groups is 1. The van der Waals surface area contributed by atoms with Crippen molar-refractivity contribution in [1.82, 2.24) is 15.5 Å². The molecule has 0 aliphatic carbocycles. The fourth-order valence-corrected chi connectivity index (χ4v) is 2.35. The Labute approximate surface area is 128 Å². The highest BCUT2D eigenvalue weighted by Crippen LogP contribution is 2.15. The molecule has 0 atom stereocenters. The van der Waals surface area contributed by atoms with Gasteiger partial charge in [0, 0.05) is 12.3 Å². The van der Waals surface area contributed by atoms with Crippen LogP contribution in [0.25, 0.3) is 0 Å². The Kier molecular flexibility index (Phi) is 7.70. The topological polar surface area (TPSA) is 83.6 Å². The highest BCUT2D eigenvalue weighted by molar-refractivity contribution is 7.98. The lowest BCUT2D eigenvalue weighted by molar-refractivity contribution is -0.431. The smallest absolute Gasteiger partial charge is 0.331 e. The lowest BCUT2D eigenvalue weighted by Crippen LogP contribution is -2.20. The Hall–Kier alpha value is -1.67. The molecule has 118 valence electrons. The van der Waals surface area contributed by atoms with Crippen LogP contribution in [0.1, 0.15) is 11.5 Å². The maximum Gasteiger partial charge on any atom is 0.331 e. The van der Waals surface area contributed by atoms with E-state index in [1.807, 2.05) is 26.2 Å². The third kappa shape index (κ3) is 7.05. The van der Waals surface area contributed by atoms with Crippen molar-refractivity contribution < 1.29 is 9.34 Å². The third-order valence-corrected chi connectivity index (χ3v) is 3.50. The molecule has 1 aromatic heterocycles. The molecular formula is C13H22N4O3S. The van der Waals surface area contributed by atoms with E-state index >= 15 is 0 Å². The van der Waals surface area contributed by atoms with Crippen molar-refractivity contribution in [2.75, 3.05) is 33.4 Å². The third-order valence-electron chi connectivity index (χ3n) is 2.52. The average molecular weight is 314 g/mol. The molecule has 2 N–H and O–H groups in total. The summed E-state index contributed by atoms with van der Waals surface area (Å²) in [5.74, 6) is 3.51. The quantitative estimate of drug-likeness (QED) is 0.384. The first-order chi connectivity index (χ1) is 10.0. The first-order valence-corrected chi connectivity index (χ1v) is 7.74. The average Bonchev–Trinajstić information content (AvgIpc) is 2.84. The number of furan rings is 1. The monoisotopic (exact) mass is 314 g/mol. The van der Waals surface area contributed by atoms with Gasteiger partial charge in [-0.05, 0) is 31.2 Å². The van der Waals surface area contributed by atoms with Crippen LogP contribution in [0.15, 0.2) is 28.6 Å². The Morgan fingerprint density at radius 2 is 2.19 bits per heavy atom. The van der Waals surface area contributed by atoms with E-state index < -0.39 is 4.92 Å². The van der Waals surface area contributed by atoms with Gasteiger partial charge >= 0.3 is 5.82 Å². The molecule has 0 unspecified atom stereocenters. The fraction of sp³-hybridized carbons (Fsp3) is 0.538. The zero-order valence-corrected chi connectivity index (χ0v) is 13.4. The number of rotatable bonds is 10. The van der Waals surface area contributed by atoms with Crippen molar-refractivity contribution >= 4 is 11.8 Å². The highest BCUT2D eigenvalue weighted by atomic mass is 32.2. The zero-order valence-electron chi connectivity index (χ0n) is 12.6. The minimum atomic E-state index is -0.463.